The molecular weight excluding hydrogens is 310 g/mol. The maximum absolute atomic E-state index is 13.7. The first-order valence-corrected chi connectivity index (χ1v) is 7.12. The van der Waals surface area contributed by atoms with Crippen LogP contribution < -0.4 is 5.32 Å². The minimum absolute atomic E-state index is 0.0328. The predicted octanol–water partition coefficient (Wildman–Crippen LogP) is 3.07. The number of hydrogen-bond donors (Lipinski definition) is 1. The average molecular weight is 320 g/mol. The fraction of sp³-hybridized carbons (Fsp3) is 0.0714. The van der Waals surface area contributed by atoms with E-state index in [-0.39, 0.29) is 16.3 Å². The monoisotopic (exact) mass is 320 g/mol. The van der Waals surface area contributed by atoms with Crippen LogP contribution in [-0.2, 0) is 7.05 Å². The van der Waals surface area contributed by atoms with E-state index < -0.39 is 17.5 Å². The molecule has 0 saturated carbocycles. The van der Waals surface area contributed by atoms with Gasteiger partial charge in [0.1, 0.15) is 10.7 Å². The van der Waals surface area contributed by atoms with E-state index in [0.717, 1.165) is 17.4 Å². The normalized spacial score (nSPS) is 10.7. The van der Waals surface area contributed by atoms with Crippen LogP contribution in [0.3, 0.4) is 0 Å². The first kappa shape index (κ1) is 14.3. The van der Waals surface area contributed by atoms with E-state index in [0.29, 0.717) is 5.69 Å². The van der Waals surface area contributed by atoms with Crippen LogP contribution in [0.2, 0.25) is 0 Å². The standard InChI is InChI=1S/C14H10F2N4OS/c1-20-6-8(5-17-20)18-13(21)11-7-22-14(19-11)9-3-2-4-10(15)12(9)16/h2-7H,1H3,(H,18,21). The number of rotatable bonds is 3. The molecule has 112 valence electrons. The van der Waals surface area contributed by atoms with Crippen molar-refractivity contribution in [2.45, 2.75) is 0 Å². The second-order valence-electron chi connectivity index (χ2n) is 4.50. The molecule has 1 amide bonds. The van der Waals surface area contributed by atoms with Crippen LogP contribution in [-0.4, -0.2) is 20.7 Å². The van der Waals surface area contributed by atoms with Crippen LogP contribution in [0.1, 0.15) is 10.5 Å². The number of amides is 1. The molecule has 3 rings (SSSR count). The maximum atomic E-state index is 13.7. The van der Waals surface area contributed by atoms with Crippen LogP contribution in [0.5, 0.6) is 0 Å². The fourth-order valence-electron chi connectivity index (χ4n) is 1.85. The Kier molecular flexibility index (Phi) is 3.68. The summed E-state index contributed by atoms with van der Waals surface area (Å²) in [5.74, 6) is -2.36. The number of aromatic nitrogens is 3. The summed E-state index contributed by atoms with van der Waals surface area (Å²) in [7, 11) is 1.73. The van der Waals surface area contributed by atoms with E-state index in [1.807, 2.05) is 0 Å². The molecule has 22 heavy (non-hydrogen) atoms. The van der Waals surface area contributed by atoms with Crippen LogP contribution >= 0.6 is 11.3 Å². The lowest BCUT2D eigenvalue weighted by Gasteiger charge is -2.00. The first-order valence-electron chi connectivity index (χ1n) is 6.24. The summed E-state index contributed by atoms with van der Waals surface area (Å²) in [5, 5.41) is 8.29. The molecule has 5 nitrogen and oxygen atoms in total. The summed E-state index contributed by atoms with van der Waals surface area (Å²) in [4.78, 5) is 16.1. The summed E-state index contributed by atoms with van der Waals surface area (Å²) < 4.78 is 28.5. The summed E-state index contributed by atoms with van der Waals surface area (Å²) in [6.45, 7) is 0. The van der Waals surface area contributed by atoms with E-state index in [1.165, 1.54) is 23.7 Å². The number of thiazole rings is 1. The van der Waals surface area contributed by atoms with E-state index in [4.69, 9.17) is 0 Å². The molecule has 0 spiro atoms. The lowest BCUT2D eigenvalue weighted by molar-refractivity contribution is 0.102. The van der Waals surface area contributed by atoms with Gasteiger partial charge in [0.2, 0.25) is 0 Å². The molecule has 2 heterocycles. The van der Waals surface area contributed by atoms with Crippen LogP contribution in [0.15, 0.2) is 36.0 Å². The van der Waals surface area contributed by atoms with Gasteiger partial charge in [-0.2, -0.15) is 5.10 Å². The predicted molar refractivity (Wildman–Crippen MR) is 78.6 cm³/mol. The number of halogens is 2. The van der Waals surface area contributed by atoms with Gasteiger partial charge in [-0.25, -0.2) is 13.8 Å². The largest absolute Gasteiger partial charge is 0.318 e. The molecular formula is C14H10F2N4OS. The lowest BCUT2D eigenvalue weighted by atomic mass is 10.2. The molecule has 3 aromatic rings. The number of nitrogens with one attached hydrogen (secondary N) is 1. The molecule has 1 N–H and O–H groups in total. The van der Waals surface area contributed by atoms with Crippen molar-refractivity contribution in [3.8, 4) is 10.6 Å². The zero-order valence-electron chi connectivity index (χ0n) is 11.4. The summed E-state index contributed by atoms with van der Waals surface area (Å²) in [5.41, 5.74) is 0.692. The van der Waals surface area contributed by atoms with Gasteiger partial charge in [-0.05, 0) is 12.1 Å². The van der Waals surface area contributed by atoms with Gasteiger partial charge >= 0.3 is 0 Å². The van der Waals surface area contributed by atoms with E-state index in [1.54, 1.807) is 17.9 Å². The lowest BCUT2D eigenvalue weighted by Crippen LogP contribution is -2.11. The second-order valence-corrected chi connectivity index (χ2v) is 5.35. The molecule has 1 aromatic carbocycles. The number of carbonyl (C=O) groups is 1. The quantitative estimate of drug-likeness (QED) is 0.807. The van der Waals surface area contributed by atoms with Crippen molar-refractivity contribution in [3.05, 3.63) is 53.3 Å². The fourth-order valence-corrected chi connectivity index (χ4v) is 2.67. The third kappa shape index (κ3) is 2.73. The van der Waals surface area contributed by atoms with Gasteiger partial charge < -0.3 is 5.32 Å². The van der Waals surface area contributed by atoms with Crippen molar-refractivity contribution in [2.24, 2.45) is 7.05 Å². The number of anilines is 1. The van der Waals surface area contributed by atoms with Crippen molar-refractivity contribution in [1.29, 1.82) is 0 Å². The molecule has 0 radical (unpaired) electrons. The smallest absolute Gasteiger partial charge is 0.275 e. The highest BCUT2D eigenvalue weighted by atomic mass is 32.1. The molecule has 8 heteroatoms. The summed E-state index contributed by atoms with van der Waals surface area (Å²) >= 11 is 1.07. The summed E-state index contributed by atoms with van der Waals surface area (Å²) in [6, 6.07) is 3.84. The zero-order chi connectivity index (χ0) is 15.7. The van der Waals surface area contributed by atoms with Crippen molar-refractivity contribution in [3.63, 3.8) is 0 Å². The number of aryl methyl sites for hydroxylation is 1. The Labute approximate surface area is 128 Å². The van der Waals surface area contributed by atoms with Gasteiger partial charge in [0.15, 0.2) is 11.6 Å². The van der Waals surface area contributed by atoms with Gasteiger partial charge in [0.05, 0.1) is 11.9 Å². The minimum Gasteiger partial charge on any atom is -0.318 e. The Morgan fingerprint density at radius 1 is 1.36 bits per heavy atom. The van der Waals surface area contributed by atoms with Crippen LogP contribution in [0.4, 0.5) is 14.5 Å². The number of benzene rings is 1. The molecule has 0 bridgehead atoms. The minimum atomic E-state index is -0.976. The van der Waals surface area contributed by atoms with Gasteiger partial charge in [-0.1, -0.05) is 6.07 Å². The maximum Gasteiger partial charge on any atom is 0.275 e. The van der Waals surface area contributed by atoms with E-state index in [9.17, 15) is 13.6 Å². The third-order valence-electron chi connectivity index (χ3n) is 2.88. The first-order chi connectivity index (χ1) is 10.5. The zero-order valence-corrected chi connectivity index (χ0v) is 12.2. The summed E-state index contributed by atoms with van der Waals surface area (Å²) in [6.07, 6.45) is 3.13. The molecule has 0 unspecified atom stereocenters. The van der Waals surface area contributed by atoms with Crippen molar-refractivity contribution < 1.29 is 13.6 Å². The Morgan fingerprint density at radius 3 is 2.91 bits per heavy atom. The Morgan fingerprint density at radius 2 is 2.18 bits per heavy atom. The number of carbonyl (C=O) groups excluding carboxylic acids is 1. The molecule has 0 aliphatic rings. The highest BCUT2D eigenvalue weighted by Gasteiger charge is 2.16. The average Bonchev–Trinajstić information content (AvgIpc) is 3.11. The molecule has 0 atom stereocenters. The topological polar surface area (TPSA) is 59.8 Å². The third-order valence-corrected chi connectivity index (χ3v) is 3.76. The molecule has 2 aromatic heterocycles. The van der Waals surface area contributed by atoms with Gasteiger partial charge in [-0.3, -0.25) is 9.48 Å². The highest BCUT2D eigenvalue weighted by Crippen LogP contribution is 2.27. The van der Waals surface area contributed by atoms with Crippen LogP contribution in [0.25, 0.3) is 10.6 Å². The van der Waals surface area contributed by atoms with Crippen molar-refractivity contribution in [1.82, 2.24) is 14.8 Å². The SMILES string of the molecule is Cn1cc(NC(=O)c2csc(-c3cccc(F)c3F)n2)cn1. The number of nitrogens with zero attached hydrogens (tertiary/aromatic N) is 3. The molecule has 0 saturated heterocycles. The number of hydrogen-bond acceptors (Lipinski definition) is 4. The van der Waals surface area contributed by atoms with E-state index in [2.05, 4.69) is 15.4 Å². The van der Waals surface area contributed by atoms with Gasteiger partial charge in [0, 0.05) is 24.2 Å². The highest BCUT2D eigenvalue weighted by molar-refractivity contribution is 7.13. The van der Waals surface area contributed by atoms with Gasteiger partial charge in [0.25, 0.3) is 5.91 Å². The Hall–Kier alpha value is -2.61. The van der Waals surface area contributed by atoms with Gasteiger partial charge in [-0.15, -0.1) is 11.3 Å². The Balaban J connectivity index is 1.84. The molecule has 0 aliphatic heterocycles. The molecule has 0 aliphatic carbocycles. The van der Waals surface area contributed by atoms with Crippen LogP contribution in [0, 0.1) is 11.6 Å². The van der Waals surface area contributed by atoms with Crippen molar-refractivity contribution >= 4 is 22.9 Å². The second kappa shape index (κ2) is 5.64. The molecule has 0 fully saturated rings. The van der Waals surface area contributed by atoms with Crippen molar-refractivity contribution in [2.75, 3.05) is 5.32 Å². The Bertz CT molecular complexity index is 843. The van der Waals surface area contributed by atoms with E-state index >= 15 is 0 Å².